The fourth-order valence-electron chi connectivity index (χ4n) is 0.785. The maximum absolute atomic E-state index is 3.11. The van der Waals surface area contributed by atoms with Crippen molar-refractivity contribution in [3.63, 3.8) is 0 Å². The van der Waals surface area contributed by atoms with Gasteiger partial charge < -0.3 is 5.32 Å². The van der Waals surface area contributed by atoms with E-state index in [4.69, 9.17) is 0 Å². The number of hydrogen-bond donors (Lipinski definition) is 1. The second kappa shape index (κ2) is 8.70. The highest BCUT2D eigenvalue weighted by Crippen LogP contribution is 1.95. The molecule has 0 aliphatic rings. The molecule has 1 N–H and O–H groups in total. The Kier molecular flexibility index (Phi) is 8.44. The predicted molar refractivity (Wildman–Crippen MR) is 47.2 cm³/mol. The van der Waals surface area contributed by atoms with Gasteiger partial charge in [-0.05, 0) is 26.4 Å². The van der Waals surface area contributed by atoms with Gasteiger partial charge in [0.15, 0.2) is 0 Å². The number of allylic oxidation sites excluding steroid dienone is 1. The number of nitrogens with one attached hydrogen (secondary N) is 1. The Hall–Kier alpha value is -0.300. The number of rotatable bonds is 6. The van der Waals surface area contributed by atoms with Gasteiger partial charge in [0.1, 0.15) is 0 Å². The van der Waals surface area contributed by atoms with Crippen molar-refractivity contribution >= 4 is 0 Å². The number of hydrogen-bond acceptors (Lipinski definition) is 1. The SMILES string of the molecule is CCCC/C=C\CCNC. The third kappa shape index (κ3) is 7.70. The molecule has 0 saturated heterocycles. The van der Waals surface area contributed by atoms with Gasteiger partial charge in [-0.3, -0.25) is 0 Å². The smallest absolute Gasteiger partial charge is 0.00173 e. The number of unbranched alkanes of at least 4 members (excludes halogenated alkanes) is 2. The first-order valence-electron chi connectivity index (χ1n) is 4.21. The van der Waals surface area contributed by atoms with Crippen molar-refractivity contribution in [1.29, 1.82) is 0 Å². The fraction of sp³-hybridized carbons (Fsp3) is 0.778. The Morgan fingerprint density at radius 1 is 1.20 bits per heavy atom. The monoisotopic (exact) mass is 141 g/mol. The fourth-order valence-corrected chi connectivity index (χ4v) is 0.785. The van der Waals surface area contributed by atoms with E-state index in [1.807, 2.05) is 7.05 Å². The van der Waals surface area contributed by atoms with Crippen LogP contribution in [0.1, 0.15) is 32.6 Å². The lowest BCUT2D eigenvalue weighted by Crippen LogP contribution is -2.05. The van der Waals surface area contributed by atoms with Gasteiger partial charge in [0.25, 0.3) is 0 Å². The Morgan fingerprint density at radius 3 is 2.50 bits per heavy atom. The molecular formula is C9H19N. The Balaban J connectivity index is 2.89. The van der Waals surface area contributed by atoms with E-state index in [0.29, 0.717) is 0 Å². The van der Waals surface area contributed by atoms with Crippen molar-refractivity contribution in [3.8, 4) is 0 Å². The zero-order valence-electron chi connectivity index (χ0n) is 7.19. The minimum absolute atomic E-state index is 1.10. The van der Waals surface area contributed by atoms with E-state index in [9.17, 15) is 0 Å². The lowest BCUT2D eigenvalue weighted by molar-refractivity contribution is 0.791. The summed E-state index contributed by atoms with van der Waals surface area (Å²) in [5.74, 6) is 0. The van der Waals surface area contributed by atoms with E-state index in [-0.39, 0.29) is 0 Å². The quantitative estimate of drug-likeness (QED) is 0.442. The largest absolute Gasteiger partial charge is 0.319 e. The summed E-state index contributed by atoms with van der Waals surface area (Å²) in [7, 11) is 1.99. The van der Waals surface area contributed by atoms with Crippen molar-refractivity contribution in [3.05, 3.63) is 12.2 Å². The maximum Gasteiger partial charge on any atom is -0.00173 e. The second-order valence-corrected chi connectivity index (χ2v) is 2.51. The van der Waals surface area contributed by atoms with Gasteiger partial charge in [0, 0.05) is 0 Å². The zero-order chi connectivity index (χ0) is 7.66. The van der Waals surface area contributed by atoms with Gasteiger partial charge in [-0.15, -0.1) is 0 Å². The van der Waals surface area contributed by atoms with Crippen LogP contribution in [0.5, 0.6) is 0 Å². The molecule has 10 heavy (non-hydrogen) atoms. The molecule has 0 aromatic rings. The van der Waals surface area contributed by atoms with Gasteiger partial charge in [-0.25, -0.2) is 0 Å². The summed E-state index contributed by atoms with van der Waals surface area (Å²) >= 11 is 0. The molecule has 1 nitrogen and oxygen atoms in total. The van der Waals surface area contributed by atoms with Crippen molar-refractivity contribution in [2.24, 2.45) is 0 Å². The normalized spacial score (nSPS) is 11.0. The summed E-state index contributed by atoms with van der Waals surface area (Å²) in [6, 6.07) is 0. The minimum atomic E-state index is 1.10. The predicted octanol–water partition coefficient (Wildman–Crippen LogP) is 2.34. The molecule has 0 aliphatic heterocycles. The van der Waals surface area contributed by atoms with E-state index in [1.165, 1.54) is 25.7 Å². The topological polar surface area (TPSA) is 12.0 Å². The molecule has 0 radical (unpaired) electrons. The minimum Gasteiger partial charge on any atom is -0.319 e. The van der Waals surface area contributed by atoms with Crippen molar-refractivity contribution in [2.45, 2.75) is 32.6 Å². The first kappa shape index (κ1) is 9.70. The van der Waals surface area contributed by atoms with Gasteiger partial charge >= 0.3 is 0 Å². The summed E-state index contributed by atoms with van der Waals surface area (Å²) in [6.07, 6.45) is 9.58. The molecule has 0 heterocycles. The van der Waals surface area contributed by atoms with Crippen LogP contribution in [0.25, 0.3) is 0 Å². The van der Waals surface area contributed by atoms with Crippen molar-refractivity contribution in [1.82, 2.24) is 5.32 Å². The van der Waals surface area contributed by atoms with Crippen molar-refractivity contribution < 1.29 is 0 Å². The van der Waals surface area contributed by atoms with Crippen LogP contribution in [0.4, 0.5) is 0 Å². The lowest BCUT2D eigenvalue weighted by atomic mass is 10.2. The lowest BCUT2D eigenvalue weighted by Gasteiger charge is -1.91. The molecule has 0 fully saturated rings. The van der Waals surface area contributed by atoms with Crippen LogP contribution in [0.3, 0.4) is 0 Å². The highest BCUT2D eigenvalue weighted by atomic mass is 14.8. The third-order valence-electron chi connectivity index (χ3n) is 1.45. The molecule has 0 aromatic carbocycles. The summed E-state index contributed by atoms with van der Waals surface area (Å²) in [6.45, 7) is 3.32. The highest BCUT2D eigenvalue weighted by Gasteiger charge is 1.78. The molecule has 0 unspecified atom stereocenters. The molecular weight excluding hydrogens is 122 g/mol. The third-order valence-corrected chi connectivity index (χ3v) is 1.45. The Morgan fingerprint density at radius 2 is 1.90 bits per heavy atom. The molecule has 0 spiro atoms. The average Bonchev–Trinajstić information content (AvgIpc) is 1.97. The summed E-state index contributed by atoms with van der Waals surface area (Å²) in [4.78, 5) is 0. The van der Waals surface area contributed by atoms with E-state index in [0.717, 1.165) is 6.54 Å². The van der Waals surface area contributed by atoms with Gasteiger partial charge in [-0.1, -0.05) is 31.9 Å². The first-order valence-corrected chi connectivity index (χ1v) is 4.21. The molecule has 0 aliphatic carbocycles. The van der Waals surface area contributed by atoms with Gasteiger partial charge in [0.2, 0.25) is 0 Å². The molecule has 1 heteroatoms. The zero-order valence-corrected chi connectivity index (χ0v) is 7.19. The van der Waals surface area contributed by atoms with Crippen molar-refractivity contribution in [2.75, 3.05) is 13.6 Å². The molecule has 0 atom stereocenters. The Labute approximate surface area is 64.5 Å². The van der Waals surface area contributed by atoms with E-state index in [1.54, 1.807) is 0 Å². The van der Waals surface area contributed by atoms with Crippen LogP contribution < -0.4 is 5.32 Å². The van der Waals surface area contributed by atoms with Crippen LogP contribution >= 0.6 is 0 Å². The molecule has 0 amide bonds. The maximum atomic E-state index is 3.11. The summed E-state index contributed by atoms with van der Waals surface area (Å²) in [5.41, 5.74) is 0. The van der Waals surface area contributed by atoms with Crippen LogP contribution in [-0.4, -0.2) is 13.6 Å². The second-order valence-electron chi connectivity index (χ2n) is 2.51. The molecule has 0 rings (SSSR count). The van der Waals surface area contributed by atoms with Crippen LogP contribution in [0, 0.1) is 0 Å². The molecule has 60 valence electrons. The summed E-state index contributed by atoms with van der Waals surface area (Å²) in [5, 5.41) is 3.11. The first-order chi connectivity index (χ1) is 4.91. The van der Waals surface area contributed by atoms with E-state index in [2.05, 4.69) is 24.4 Å². The molecule has 0 aromatic heterocycles. The van der Waals surface area contributed by atoms with Crippen LogP contribution in [0.2, 0.25) is 0 Å². The summed E-state index contributed by atoms with van der Waals surface area (Å²) < 4.78 is 0. The highest BCUT2D eigenvalue weighted by molar-refractivity contribution is 4.81. The molecule has 0 bridgehead atoms. The Bertz CT molecular complexity index is 66.8. The average molecular weight is 141 g/mol. The van der Waals surface area contributed by atoms with E-state index >= 15 is 0 Å². The van der Waals surface area contributed by atoms with Crippen LogP contribution in [-0.2, 0) is 0 Å². The van der Waals surface area contributed by atoms with Gasteiger partial charge in [0.05, 0.1) is 0 Å². The molecule has 0 saturated carbocycles. The van der Waals surface area contributed by atoms with Gasteiger partial charge in [-0.2, -0.15) is 0 Å². The van der Waals surface area contributed by atoms with Crippen LogP contribution in [0.15, 0.2) is 12.2 Å². The van der Waals surface area contributed by atoms with E-state index < -0.39 is 0 Å². The standard InChI is InChI=1S/C9H19N/c1-3-4-5-6-7-8-9-10-2/h6-7,10H,3-5,8-9H2,1-2H3/b7-6-.